The highest BCUT2D eigenvalue weighted by Gasteiger charge is 2.31. The molecule has 0 heterocycles. The number of amides is 2. The summed E-state index contributed by atoms with van der Waals surface area (Å²) in [5, 5.41) is 0.565. The highest BCUT2D eigenvalue weighted by molar-refractivity contribution is 8.11. The van der Waals surface area contributed by atoms with E-state index in [2.05, 4.69) is 24.1 Å². The summed E-state index contributed by atoms with van der Waals surface area (Å²) in [5.74, 6) is 0. The van der Waals surface area contributed by atoms with Gasteiger partial charge in [-0.2, -0.15) is 4.99 Å². The van der Waals surface area contributed by atoms with Crippen molar-refractivity contribution in [2.75, 3.05) is 28.0 Å². The van der Waals surface area contributed by atoms with Crippen LogP contribution in [0, 0.1) is 0 Å². The first-order valence-electron chi connectivity index (χ1n) is 7.43. The minimum absolute atomic E-state index is 0.0390. The molecule has 0 bridgehead atoms. The molecule has 0 aliphatic heterocycles. The van der Waals surface area contributed by atoms with Gasteiger partial charge in [-0.25, -0.2) is 18.6 Å². The highest BCUT2D eigenvalue weighted by atomic mass is 35.5. The normalized spacial score (nSPS) is 12.2. The summed E-state index contributed by atoms with van der Waals surface area (Å²) in [5.41, 5.74) is 0.935. The Morgan fingerprint density at radius 3 is 2.32 bits per heavy atom. The van der Waals surface area contributed by atoms with Gasteiger partial charge in [-0.3, -0.25) is 19.0 Å². The third-order valence-corrected chi connectivity index (χ3v) is 5.07. The number of carbonyl (C=O) groups excluding carboxylic acids is 2. The molecule has 0 fully saturated rings. The number of hydrogen-bond acceptors (Lipinski definition) is 10. The predicted molar refractivity (Wildman–Crippen MR) is 102 cm³/mol. The molecule has 0 aliphatic rings. The Hall–Kier alpha value is -1.34. The number of rotatable bonds is 12. The number of benzene rings is 1. The molecule has 28 heavy (non-hydrogen) atoms. The van der Waals surface area contributed by atoms with Crippen molar-refractivity contribution in [2.24, 2.45) is 4.99 Å². The number of phosphoric acid groups is 1. The summed E-state index contributed by atoms with van der Waals surface area (Å²) < 4.78 is 27.5. The molecule has 0 unspecified atom stereocenters. The van der Waals surface area contributed by atoms with E-state index < -0.39 is 14.6 Å². The fourth-order valence-electron chi connectivity index (χ4n) is 1.72. The summed E-state index contributed by atoms with van der Waals surface area (Å²) in [4.78, 5) is 35.3. The van der Waals surface area contributed by atoms with Crippen LogP contribution in [0.3, 0.4) is 0 Å². The molecule has 0 aromatic heterocycles. The van der Waals surface area contributed by atoms with E-state index in [9.17, 15) is 14.2 Å². The Balaban J connectivity index is 2.78. The van der Waals surface area contributed by atoms with E-state index in [0.29, 0.717) is 18.0 Å². The van der Waals surface area contributed by atoms with Gasteiger partial charge in [-0.15, -0.1) is 9.35 Å². The van der Waals surface area contributed by atoms with Gasteiger partial charge in [-0.1, -0.05) is 23.7 Å². The fourth-order valence-corrected chi connectivity index (χ4v) is 3.37. The van der Waals surface area contributed by atoms with Crippen molar-refractivity contribution in [2.45, 2.75) is 6.54 Å². The molecule has 0 spiro atoms. The van der Waals surface area contributed by atoms with Crippen molar-refractivity contribution in [3.63, 3.8) is 0 Å². The third-order valence-electron chi connectivity index (χ3n) is 2.78. The third kappa shape index (κ3) is 8.78. The molecule has 14 heteroatoms. The standard InChI is InChI=1S/C14H19ClN3O8PS/c1-17(8-12-4-6-13(15)7-5-12)28-14(16-9-19)18(10-20)11-24-27(21,25-22-2)26-23-3/h4-7,9-10H,8,11H2,1-3H3. The second-order valence-electron chi connectivity index (χ2n) is 4.78. The Bertz CT molecular complexity index is 698. The van der Waals surface area contributed by atoms with Crippen molar-refractivity contribution in [1.82, 2.24) is 9.21 Å². The van der Waals surface area contributed by atoms with E-state index in [1.807, 2.05) is 12.1 Å². The first kappa shape index (κ1) is 24.7. The van der Waals surface area contributed by atoms with E-state index in [1.165, 1.54) is 0 Å². The quantitative estimate of drug-likeness (QED) is 0.0680. The smallest absolute Gasteiger partial charge is 0.278 e. The van der Waals surface area contributed by atoms with Crippen LogP contribution < -0.4 is 0 Å². The average molecular weight is 456 g/mol. The topological polar surface area (TPSA) is 116 Å². The van der Waals surface area contributed by atoms with Crippen LogP contribution in [-0.2, 0) is 44.3 Å². The van der Waals surface area contributed by atoms with E-state index in [0.717, 1.165) is 36.6 Å². The largest absolute Gasteiger partial charge is 0.531 e. The van der Waals surface area contributed by atoms with Gasteiger partial charge in [-0.05, 0) is 36.7 Å². The molecular formula is C14H19ClN3O8PS. The molecule has 1 rings (SSSR count). The Morgan fingerprint density at radius 2 is 1.82 bits per heavy atom. The average Bonchev–Trinajstić information content (AvgIpc) is 2.64. The maximum Gasteiger partial charge on any atom is 0.531 e. The lowest BCUT2D eigenvalue weighted by Crippen LogP contribution is -2.32. The molecule has 0 saturated carbocycles. The predicted octanol–water partition coefficient (Wildman–Crippen LogP) is 2.63. The first-order chi connectivity index (χ1) is 13.4. The molecule has 2 amide bonds. The van der Waals surface area contributed by atoms with Gasteiger partial charge in [0.1, 0.15) is 6.73 Å². The SMILES string of the molecule is COOP(=O)(OCN(C=O)C(=NC=O)SN(C)Cc1ccc(Cl)cc1)OOC. The van der Waals surface area contributed by atoms with Crippen molar-refractivity contribution in [3.05, 3.63) is 34.9 Å². The van der Waals surface area contributed by atoms with Gasteiger partial charge in [0.05, 0.1) is 14.2 Å². The van der Waals surface area contributed by atoms with Gasteiger partial charge in [0.15, 0.2) is 5.17 Å². The molecule has 0 radical (unpaired) electrons. The molecule has 0 N–H and O–H groups in total. The zero-order valence-corrected chi connectivity index (χ0v) is 17.7. The lowest BCUT2D eigenvalue weighted by Gasteiger charge is -2.23. The van der Waals surface area contributed by atoms with Crippen LogP contribution in [0.1, 0.15) is 5.56 Å². The molecule has 1 aromatic rings. The van der Waals surface area contributed by atoms with Crippen LogP contribution in [0.15, 0.2) is 29.3 Å². The lowest BCUT2D eigenvalue weighted by atomic mass is 10.2. The zero-order valence-electron chi connectivity index (χ0n) is 15.2. The van der Waals surface area contributed by atoms with Gasteiger partial charge in [0.25, 0.3) is 0 Å². The molecule has 0 atom stereocenters. The molecule has 1 aromatic carbocycles. The van der Waals surface area contributed by atoms with Crippen LogP contribution in [0.25, 0.3) is 0 Å². The molecular weight excluding hydrogens is 437 g/mol. The van der Waals surface area contributed by atoms with E-state index in [-0.39, 0.29) is 11.6 Å². The summed E-state index contributed by atoms with van der Waals surface area (Å²) >= 11 is 6.83. The Kier molecular flexibility index (Phi) is 11.5. The van der Waals surface area contributed by atoms with Crippen LogP contribution >= 0.6 is 31.4 Å². The maximum absolute atomic E-state index is 12.1. The van der Waals surface area contributed by atoms with Gasteiger partial charge in [0.2, 0.25) is 12.8 Å². The van der Waals surface area contributed by atoms with Crippen LogP contribution in [0.5, 0.6) is 0 Å². The van der Waals surface area contributed by atoms with Crippen LogP contribution in [-0.4, -0.2) is 55.2 Å². The summed E-state index contributed by atoms with van der Waals surface area (Å²) in [6, 6.07) is 7.14. The number of nitrogens with zero attached hydrogens (tertiary/aromatic N) is 3. The van der Waals surface area contributed by atoms with Crippen molar-refractivity contribution >= 4 is 49.4 Å². The minimum Gasteiger partial charge on any atom is -0.278 e. The minimum atomic E-state index is -4.26. The molecule has 156 valence electrons. The number of amidine groups is 1. The molecule has 11 nitrogen and oxygen atoms in total. The van der Waals surface area contributed by atoms with Gasteiger partial charge in [0, 0.05) is 11.6 Å². The first-order valence-corrected chi connectivity index (χ1v) is 10.0. The summed E-state index contributed by atoms with van der Waals surface area (Å²) in [6.07, 6.45) is 0.585. The monoisotopic (exact) mass is 455 g/mol. The van der Waals surface area contributed by atoms with Crippen LogP contribution in [0.2, 0.25) is 5.02 Å². The Morgan fingerprint density at radius 1 is 1.21 bits per heavy atom. The lowest BCUT2D eigenvalue weighted by molar-refractivity contribution is -0.260. The summed E-state index contributed by atoms with van der Waals surface area (Å²) in [6.45, 7) is -0.173. The second-order valence-corrected chi connectivity index (χ2v) is 7.84. The number of hydrogen-bond donors (Lipinski definition) is 0. The zero-order chi connectivity index (χ0) is 21.0. The number of aliphatic imine (C=N–C) groups is 1. The van der Waals surface area contributed by atoms with E-state index >= 15 is 0 Å². The number of carbonyl (C=O) groups is 2. The molecule has 0 aliphatic carbocycles. The van der Waals surface area contributed by atoms with Crippen molar-refractivity contribution < 1.29 is 37.8 Å². The van der Waals surface area contributed by atoms with Crippen molar-refractivity contribution in [1.29, 1.82) is 0 Å². The summed E-state index contributed by atoms with van der Waals surface area (Å²) in [7, 11) is -0.390. The van der Waals surface area contributed by atoms with E-state index in [4.69, 9.17) is 16.1 Å². The fraction of sp³-hybridized carbons (Fsp3) is 0.357. The highest BCUT2D eigenvalue weighted by Crippen LogP contribution is 2.49. The Labute approximate surface area is 171 Å². The van der Waals surface area contributed by atoms with Crippen molar-refractivity contribution in [3.8, 4) is 0 Å². The maximum atomic E-state index is 12.1. The second kappa shape index (κ2) is 13.0. The number of halogens is 1. The molecule has 0 saturated heterocycles. The van der Waals surface area contributed by atoms with Crippen LogP contribution in [0.4, 0.5) is 0 Å². The van der Waals surface area contributed by atoms with E-state index in [1.54, 1.807) is 23.5 Å². The van der Waals surface area contributed by atoms with Gasteiger partial charge >= 0.3 is 7.82 Å². The van der Waals surface area contributed by atoms with Gasteiger partial charge < -0.3 is 0 Å².